The number of hydrogen-bond donors (Lipinski definition) is 3. The fraction of sp³-hybridized carbons (Fsp3) is 0.133. The van der Waals surface area contributed by atoms with E-state index in [0.717, 1.165) is 0 Å². The van der Waals surface area contributed by atoms with Gasteiger partial charge in [0.25, 0.3) is 5.91 Å². The number of rotatable bonds is 6. The van der Waals surface area contributed by atoms with Gasteiger partial charge in [-0.3, -0.25) is 14.4 Å². The van der Waals surface area contributed by atoms with Gasteiger partial charge in [0.1, 0.15) is 5.82 Å². The van der Waals surface area contributed by atoms with Crippen molar-refractivity contribution in [3.05, 3.63) is 52.5 Å². The van der Waals surface area contributed by atoms with Gasteiger partial charge in [-0.1, -0.05) is 18.2 Å². The number of amides is 3. The van der Waals surface area contributed by atoms with Gasteiger partial charge in [0, 0.05) is 0 Å². The molecule has 120 valence electrons. The first-order chi connectivity index (χ1) is 11.1. The molecule has 0 radical (unpaired) electrons. The van der Waals surface area contributed by atoms with Crippen LogP contribution in [-0.4, -0.2) is 30.8 Å². The largest absolute Gasteiger partial charge is 0.345 e. The Balaban J connectivity index is 1.71. The number of anilines is 1. The van der Waals surface area contributed by atoms with Crippen LogP contribution in [0.3, 0.4) is 0 Å². The molecule has 0 spiro atoms. The summed E-state index contributed by atoms with van der Waals surface area (Å²) < 4.78 is 13.3. The average Bonchev–Trinajstić information content (AvgIpc) is 3.07. The Kier molecular flexibility index (Phi) is 5.81. The van der Waals surface area contributed by atoms with Crippen molar-refractivity contribution in [3.8, 4) is 0 Å². The highest BCUT2D eigenvalue weighted by atomic mass is 32.1. The van der Waals surface area contributed by atoms with Crippen LogP contribution in [0.4, 0.5) is 10.1 Å². The SMILES string of the molecule is O=C(CNC(=O)c1cccs1)NCC(=O)Nc1ccccc1F. The summed E-state index contributed by atoms with van der Waals surface area (Å²) in [4.78, 5) is 35.3. The van der Waals surface area contributed by atoms with E-state index in [4.69, 9.17) is 0 Å². The first-order valence-corrected chi connectivity index (χ1v) is 7.57. The zero-order valence-electron chi connectivity index (χ0n) is 12.0. The molecule has 0 aliphatic carbocycles. The second-order valence-electron chi connectivity index (χ2n) is 4.46. The first-order valence-electron chi connectivity index (χ1n) is 6.69. The summed E-state index contributed by atoms with van der Waals surface area (Å²) in [6, 6.07) is 9.08. The molecule has 3 amide bonds. The second-order valence-corrected chi connectivity index (χ2v) is 5.41. The van der Waals surface area contributed by atoms with Crippen LogP contribution in [0.5, 0.6) is 0 Å². The number of carbonyl (C=O) groups excluding carboxylic acids is 3. The maximum Gasteiger partial charge on any atom is 0.261 e. The molecule has 0 saturated carbocycles. The van der Waals surface area contributed by atoms with Crippen LogP contribution in [0.25, 0.3) is 0 Å². The molecular weight excluding hydrogens is 321 g/mol. The minimum Gasteiger partial charge on any atom is -0.345 e. The zero-order valence-corrected chi connectivity index (χ0v) is 12.8. The van der Waals surface area contributed by atoms with Crippen LogP contribution >= 0.6 is 11.3 Å². The third kappa shape index (κ3) is 5.19. The summed E-state index contributed by atoms with van der Waals surface area (Å²) in [5, 5.41) is 8.86. The van der Waals surface area contributed by atoms with Gasteiger partial charge in [-0.05, 0) is 23.6 Å². The van der Waals surface area contributed by atoms with Crippen LogP contribution in [0, 0.1) is 5.82 Å². The minimum atomic E-state index is -0.562. The van der Waals surface area contributed by atoms with E-state index in [0.29, 0.717) is 4.88 Å². The molecule has 3 N–H and O–H groups in total. The number of hydrogen-bond acceptors (Lipinski definition) is 4. The normalized spacial score (nSPS) is 9.96. The Morgan fingerprint density at radius 2 is 1.70 bits per heavy atom. The standard InChI is InChI=1S/C15H14FN3O3S/c16-10-4-1-2-5-11(10)19-14(21)9-17-13(20)8-18-15(22)12-6-3-7-23-12/h1-7H,8-9H2,(H,17,20)(H,18,22)(H,19,21). The van der Waals surface area contributed by atoms with E-state index >= 15 is 0 Å². The molecule has 8 heteroatoms. The van der Waals surface area contributed by atoms with Gasteiger partial charge in [-0.15, -0.1) is 11.3 Å². The Hall–Kier alpha value is -2.74. The topological polar surface area (TPSA) is 87.3 Å². The highest BCUT2D eigenvalue weighted by Crippen LogP contribution is 2.11. The van der Waals surface area contributed by atoms with Crippen molar-refractivity contribution < 1.29 is 18.8 Å². The zero-order chi connectivity index (χ0) is 16.7. The number of carbonyl (C=O) groups is 3. The number of halogens is 1. The quantitative estimate of drug-likeness (QED) is 0.745. The third-order valence-corrected chi connectivity index (χ3v) is 3.62. The van der Waals surface area contributed by atoms with E-state index in [1.165, 1.54) is 29.5 Å². The van der Waals surface area contributed by atoms with Crippen molar-refractivity contribution >= 4 is 34.7 Å². The molecule has 1 aromatic carbocycles. The van der Waals surface area contributed by atoms with Crippen molar-refractivity contribution in [1.82, 2.24) is 10.6 Å². The lowest BCUT2D eigenvalue weighted by molar-refractivity contribution is -0.123. The van der Waals surface area contributed by atoms with Gasteiger partial charge < -0.3 is 16.0 Å². The van der Waals surface area contributed by atoms with E-state index in [2.05, 4.69) is 16.0 Å². The van der Waals surface area contributed by atoms with E-state index in [9.17, 15) is 18.8 Å². The summed E-state index contributed by atoms with van der Waals surface area (Å²) in [5.74, 6) is -1.99. The lowest BCUT2D eigenvalue weighted by atomic mass is 10.3. The van der Waals surface area contributed by atoms with Crippen LogP contribution < -0.4 is 16.0 Å². The third-order valence-electron chi connectivity index (χ3n) is 2.75. The van der Waals surface area contributed by atoms with Crippen LogP contribution in [0.15, 0.2) is 41.8 Å². The summed E-state index contributed by atoms with van der Waals surface area (Å²) in [6.45, 7) is -0.564. The number of para-hydroxylation sites is 1. The molecule has 0 fully saturated rings. The van der Waals surface area contributed by atoms with E-state index in [-0.39, 0.29) is 24.7 Å². The summed E-state index contributed by atoms with van der Waals surface area (Å²) in [5.41, 5.74) is 0.0396. The molecule has 1 aromatic heterocycles. The highest BCUT2D eigenvalue weighted by Gasteiger charge is 2.10. The fourth-order valence-corrected chi connectivity index (χ4v) is 2.29. The lowest BCUT2D eigenvalue weighted by Gasteiger charge is -2.08. The number of benzene rings is 1. The van der Waals surface area contributed by atoms with Gasteiger partial charge in [0.15, 0.2) is 0 Å². The molecule has 0 aliphatic rings. The molecule has 0 bridgehead atoms. The predicted octanol–water partition coefficient (Wildman–Crippen LogP) is 1.37. The maximum atomic E-state index is 13.3. The second kappa shape index (κ2) is 8.04. The van der Waals surface area contributed by atoms with Crippen molar-refractivity contribution in [1.29, 1.82) is 0 Å². The number of nitrogens with one attached hydrogen (secondary N) is 3. The summed E-state index contributed by atoms with van der Waals surface area (Å²) >= 11 is 1.26. The Morgan fingerprint density at radius 1 is 0.957 bits per heavy atom. The molecule has 0 unspecified atom stereocenters. The highest BCUT2D eigenvalue weighted by molar-refractivity contribution is 7.12. The van der Waals surface area contributed by atoms with Crippen molar-refractivity contribution in [2.24, 2.45) is 0 Å². The van der Waals surface area contributed by atoms with Gasteiger partial charge >= 0.3 is 0 Å². The summed E-state index contributed by atoms with van der Waals surface area (Å²) in [6.07, 6.45) is 0. The average molecular weight is 335 g/mol. The fourth-order valence-electron chi connectivity index (χ4n) is 1.65. The smallest absolute Gasteiger partial charge is 0.261 e. The van der Waals surface area contributed by atoms with Crippen molar-refractivity contribution in [2.45, 2.75) is 0 Å². The predicted molar refractivity (Wildman–Crippen MR) is 84.7 cm³/mol. The van der Waals surface area contributed by atoms with Crippen molar-refractivity contribution in [3.63, 3.8) is 0 Å². The molecule has 0 saturated heterocycles. The van der Waals surface area contributed by atoms with Gasteiger partial charge in [-0.25, -0.2) is 4.39 Å². The molecular formula is C15H14FN3O3S. The van der Waals surface area contributed by atoms with Crippen molar-refractivity contribution in [2.75, 3.05) is 18.4 Å². The Bertz CT molecular complexity index is 704. The van der Waals surface area contributed by atoms with E-state index in [1.807, 2.05) is 0 Å². The molecule has 2 rings (SSSR count). The van der Waals surface area contributed by atoms with Crippen LogP contribution in [0.1, 0.15) is 9.67 Å². The molecule has 6 nitrogen and oxygen atoms in total. The van der Waals surface area contributed by atoms with Gasteiger partial charge in [0.05, 0.1) is 23.7 Å². The Labute approximate surface area is 135 Å². The van der Waals surface area contributed by atoms with Gasteiger partial charge in [0.2, 0.25) is 11.8 Å². The minimum absolute atomic E-state index is 0.0396. The van der Waals surface area contributed by atoms with Crippen LogP contribution in [-0.2, 0) is 9.59 Å². The first kappa shape index (κ1) is 16.6. The number of thiophene rings is 1. The monoisotopic (exact) mass is 335 g/mol. The molecule has 2 aromatic rings. The van der Waals surface area contributed by atoms with Gasteiger partial charge in [-0.2, -0.15) is 0 Å². The Morgan fingerprint density at radius 3 is 2.39 bits per heavy atom. The molecule has 23 heavy (non-hydrogen) atoms. The molecule has 0 aliphatic heterocycles. The molecule has 0 atom stereocenters. The lowest BCUT2D eigenvalue weighted by Crippen LogP contribution is -2.40. The summed E-state index contributed by atoms with van der Waals surface area (Å²) in [7, 11) is 0. The van der Waals surface area contributed by atoms with E-state index in [1.54, 1.807) is 23.6 Å². The maximum absolute atomic E-state index is 13.3. The van der Waals surface area contributed by atoms with Crippen LogP contribution in [0.2, 0.25) is 0 Å². The van der Waals surface area contributed by atoms with E-state index < -0.39 is 17.6 Å². The molecule has 1 heterocycles.